The SMILES string of the molecule is COc1ccc(/C=C2\CCc3c2nc2ccccc2c3C(=O)NCC2CCCO2)cc1. The molecule has 158 valence electrons. The zero-order valence-electron chi connectivity index (χ0n) is 17.7. The number of para-hydroxylation sites is 1. The Labute approximate surface area is 182 Å². The van der Waals surface area contributed by atoms with Crippen LogP contribution in [0.25, 0.3) is 22.6 Å². The van der Waals surface area contributed by atoms with E-state index < -0.39 is 0 Å². The van der Waals surface area contributed by atoms with Gasteiger partial charge in [-0.05, 0) is 66.7 Å². The number of amides is 1. The van der Waals surface area contributed by atoms with Crippen LogP contribution in [-0.2, 0) is 11.2 Å². The maximum Gasteiger partial charge on any atom is 0.252 e. The molecule has 5 nitrogen and oxygen atoms in total. The van der Waals surface area contributed by atoms with Gasteiger partial charge in [0.05, 0.1) is 30.0 Å². The number of hydrogen-bond donors (Lipinski definition) is 1. The zero-order chi connectivity index (χ0) is 21.2. The average Bonchev–Trinajstić information content (AvgIpc) is 3.47. The Hall–Kier alpha value is -3.18. The van der Waals surface area contributed by atoms with Gasteiger partial charge in [0, 0.05) is 18.5 Å². The fraction of sp³-hybridized carbons (Fsp3) is 0.308. The van der Waals surface area contributed by atoms with Crippen LogP contribution in [0.15, 0.2) is 48.5 Å². The number of allylic oxidation sites excluding steroid dienone is 1. The number of fused-ring (bicyclic) bond motifs is 2. The van der Waals surface area contributed by atoms with E-state index in [1.54, 1.807) is 7.11 Å². The number of nitrogens with zero attached hydrogens (tertiary/aromatic N) is 1. The number of rotatable bonds is 5. The largest absolute Gasteiger partial charge is 0.497 e. The number of nitrogens with one attached hydrogen (secondary N) is 1. The second kappa shape index (κ2) is 8.52. The molecule has 2 heterocycles. The van der Waals surface area contributed by atoms with Crippen molar-refractivity contribution in [3.05, 3.63) is 70.9 Å². The first-order chi connectivity index (χ1) is 15.2. The van der Waals surface area contributed by atoms with Crippen LogP contribution in [0.4, 0.5) is 0 Å². The van der Waals surface area contributed by atoms with Gasteiger partial charge in [-0.15, -0.1) is 0 Å². The lowest BCUT2D eigenvalue weighted by atomic mass is 9.99. The number of benzene rings is 2. The first-order valence-electron chi connectivity index (χ1n) is 10.9. The molecular weight excluding hydrogens is 388 g/mol. The summed E-state index contributed by atoms with van der Waals surface area (Å²) >= 11 is 0. The van der Waals surface area contributed by atoms with Gasteiger partial charge in [-0.25, -0.2) is 4.98 Å². The molecule has 1 saturated heterocycles. The molecule has 0 spiro atoms. The fourth-order valence-electron chi connectivity index (χ4n) is 4.54. The van der Waals surface area contributed by atoms with Gasteiger partial charge in [-0.3, -0.25) is 4.79 Å². The maximum absolute atomic E-state index is 13.3. The van der Waals surface area contributed by atoms with E-state index in [0.717, 1.165) is 71.3 Å². The summed E-state index contributed by atoms with van der Waals surface area (Å²) in [6.07, 6.45) is 6.05. The van der Waals surface area contributed by atoms with E-state index in [9.17, 15) is 4.79 Å². The van der Waals surface area contributed by atoms with E-state index in [0.29, 0.717) is 6.54 Å². The van der Waals surface area contributed by atoms with Crippen LogP contribution in [0, 0.1) is 0 Å². The highest BCUT2D eigenvalue weighted by Crippen LogP contribution is 2.37. The molecule has 1 aliphatic carbocycles. The van der Waals surface area contributed by atoms with E-state index in [-0.39, 0.29) is 12.0 Å². The molecule has 1 aromatic heterocycles. The molecule has 1 amide bonds. The topological polar surface area (TPSA) is 60.5 Å². The van der Waals surface area contributed by atoms with Gasteiger partial charge in [0.25, 0.3) is 5.91 Å². The predicted molar refractivity (Wildman–Crippen MR) is 122 cm³/mol. The Morgan fingerprint density at radius 3 is 2.81 bits per heavy atom. The Morgan fingerprint density at radius 2 is 2.03 bits per heavy atom. The number of carbonyl (C=O) groups is 1. The summed E-state index contributed by atoms with van der Waals surface area (Å²) in [5, 5.41) is 4.03. The summed E-state index contributed by atoms with van der Waals surface area (Å²) in [5.41, 5.74) is 5.87. The quantitative estimate of drug-likeness (QED) is 0.661. The molecule has 2 aliphatic rings. The maximum atomic E-state index is 13.3. The lowest BCUT2D eigenvalue weighted by Gasteiger charge is -2.15. The van der Waals surface area contributed by atoms with E-state index >= 15 is 0 Å². The minimum Gasteiger partial charge on any atom is -0.497 e. The van der Waals surface area contributed by atoms with Crippen molar-refractivity contribution in [1.29, 1.82) is 0 Å². The van der Waals surface area contributed by atoms with Gasteiger partial charge in [0.2, 0.25) is 0 Å². The number of methoxy groups -OCH3 is 1. The van der Waals surface area contributed by atoms with Crippen LogP contribution in [0.5, 0.6) is 5.75 Å². The normalized spacial score (nSPS) is 19.0. The van der Waals surface area contributed by atoms with Crippen molar-refractivity contribution in [3.8, 4) is 5.75 Å². The number of carbonyl (C=O) groups excluding carboxylic acids is 1. The summed E-state index contributed by atoms with van der Waals surface area (Å²) < 4.78 is 10.9. The number of hydrogen-bond acceptors (Lipinski definition) is 4. The van der Waals surface area contributed by atoms with Gasteiger partial charge in [-0.2, -0.15) is 0 Å². The van der Waals surface area contributed by atoms with Crippen LogP contribution < -0.4 is 10.1 Å². The van der Waals surface area contributed by atoms with Gasteiger partial charge >= 0.3 is 0 Å². The van der Waals surface area contributed by atoms with E-state index in [1.165, 1.54) is 5.57 Å². The molecule has 5 rings (SSSR count). The smallest absolute Gasteiger partial charge is 0.252 e. The number of pyridine rings is 1. The number of aromatic nitrogens is 1. The Morgan fingerprint density at radius 1 is 1.19 bits per heavy atom. The highest BCUT2D eigenvalue weighted by Gasteiger charge is 2.27. The molecule has 1 atom stereocenters. The fourth-order valence-corrected chi connectivity index (χ4v) is 4.54. The third kappa shape index (κ3) is 3.93. The first-order valence-corrected chi connectivity index (χ1v) is 10.9. The highest BCUT2D eigenvalue weighted by atomic mass is 16.5. The number of ether oxygens (including phenoxy) is 2. The van der Waals surface area contributed by atoms with Crippen LogP contribution in [0.2, 0.25) is 0 Å². The lowest BCUT2D eigenvalue weighted by molar-refractivity contribution is 0.0858. The van der Waals surface area contributed by atoms with Crippen molar-refractivity contribution >= 4 is 28.5 Å². The van der Waals surface area contributed by atoms with Crippen LogP contribution in [0.3, 0.4) is 0 Å². The Kier molecular flexibility index (Phi) is 5.43. The Bertz CT molecular complexity index is 1150. The molecule has 1 fully saturated rings. The predicted octanol–water partition coefficient (Wildman–Crippen LogP) is 4.64. The second-order valence-electron chi connectivity index (χ2n) is 8.12. The molecule has 31 heavy (non-hydrogen) atoms. The molecule has 5 heteroatoms. The molecular formula is C26H26N2O3. The molecule has 2 aromatic carbocycles. The molecule has 0 radical (unpaired) electrons. The summed E-state index contributed by atoms with van der Waals surface area (Å²) in [6, 6.07) is 15.9. The average molecular weight is 415 g/mol. The minimum atomic E-state index is -0.0314. The van der Waals surface area contributed by atoms with E-state index in [2.05, 4.69) is 11.4 Å². The third-order valence-electron chi connectivity index (χ3n) is 6.14. The lowest BCUT2D eigenvalue weighted by Crippen LogP contribution is -2.32. The third-order valence-corrected chi connectivity index (χ3v) is 6.14. The van der Waals surface area contributed by atoms with Crippen molar-refractivity contribution < 1.29 is 14.3 Å². The standard InChI is InChI=1S/C26H26N2O3/c1-30-19-11-8-17(9-12-19)15-18-10-13-22-24(26(29)27-16-20-5-4-14-31-20)21-6-2-3-7-23(21)28-25(18)22/h2-3,6-9,11-12,15,20H,4-5,10,13-14,16H2,1H3,(H,27,29)/b18-15+. The van der Waals surface area contributed by atoms with Crippen molar-refractivity contribution in [3.63, 3.8) is 0 Å². The minimum absolute atomic E-state index is 0.0314. The molecule has 3 aromatic rings. The van der Waals surface area contributed by atoms with Crippen LogP contribution in [0.1, 0.15) is 46.4 Å². The van der Waals surface area contributed by atoms with Gasteiger partial charge in [0.1, 0.15) is 5.75 Å². The summed E-state index contributed by atoms with van der Waals surface area (Å²) in [7, 11) is 1.67. The first kappa shape index (κ1) is 19.8. The van der Waals surface area contributed by atoms with Crippen molar-refractivity contribution in [2.24, 2.45) is 0 Å². The van der Waals surface area contributed by atoms with Crippen LogP contribution >= 0.6 is 0 Å². The summed E-state index contributed by atoms with van der Waals surface area (Å²) in [5.74, 6) is 0.805. The van der Waals surface area contributed by atoms with Gasteiger partial charge < -0.3 is 14.8 Å². The highest BCUT2D eigenvalue weighted by molar-refractivity contribution is 6.09. The van der Waals surface area contributed by atoms with Gasteiger partial charge in [-0.1, -0.05) is 30.3 Å². The second-order valence-corrected chi connectivity index (χ2v) is 8.12. The Balaban J connectivity index is 1.52. The van der Waals surface area contributed by atoms with Gasteiger partial charge in [0.15, 0.2) is 0 Å². The molecule has 1 aliphatic heterocycles. The summed E-state index contributed by atoms with van der Waals surface area (Å²) in [4.78, 5) is 18.2. The van der Waals surface area contributed by atoms with E-state index in [4.69, 9.17) is 14.5 Å². The van der Waals surface area contributed by atoms with Crippen molar-refractivity contribution in [2.45, 2.75) is 31.8 Å². The molecule has 0 bridgehead atoms. The molecule has 1 N–H and O–H groups in total. The zero-order valence-corrected chi connectivity index (χ0v) is 17.7. The monoisotopic (exact) mass is 414 g/mol. The summed E-state index contributed by atoms with van der Waals surface area (Å²) in [6.45, 7) is 1.34. The molecule has 1 unspecified atom stereocenters. The van der Waals surface area contributed by atoms with E-state index in [1.807, 2.05) is 48.5 Å². The molecule has 0 saturated carbocycles. The van der Waals surface area contributed by atoms with Crippen LogP contribution in [-0.4, -0.2) is 37.3 Å². The van der Waals surface area contributed by atoms with Crippen molar-refractivity contribution in [1.82, 2.24) is 10.3 Å². The van der Waals surface area contributed by atoms with Crippen molar-refractivity contribution in [2.75, 3.05) is 20.3 Å².